The van der Waals surface area contributed by atoms with Gasteiger partial charge in [-0.15, -0.1) is 0 Å². The minimum atomic E-state index is -0.877. The summed E-state index contributed by atoms with van der Waals surface area (Å²) < 4.78 is 5.00. The van der Waals surface area contributed by atoms with Gasteiger partial charge in [-0.05, 0) is 36.2 Å². The van der Waals surface area contributed by atoms with E-state index in [1.165, 1.54) is 0 Å². The van der Waals surface area contributed by atoms with Gasteiger partial charge < -0.3 is 9.84 Å². The Balaban J connectivity index is 2.89. The third-order valence-electron chi connectivity index (χ3n) is 2.62. The Labute approximate surface area is 117 Å². The number of benzene rings is 1. The molecule has 0 aromatic heterocycles. The van der Waals surface area contributed by atoms with E-state index < -0.39 is 17.2 Å². The van der Waals surface area contributed by atoms with E-state index in [-0.39, 0.29) is 0 Å². The highest BCUT2D eigenvalue weighted by Crippen LogP contribution is 2.31. The fourth-order valence-electron chi connectivity index (χ4n) is 1.69. The molecule has 1 aromatic rings. The fraction of sp³-hybridized carbons (Fsp3) is 0.429. The molecule has 0 amide bonds. The van der Waals surface area contributed by atoms with Gasteiger partial charge in [0.25, 0.3) is 0 Å². The minimum absolute atomic E-state index is 0.379. The molecule has 1 rings (SSSR count). The van der Waals surface area contributed by atoms with Crippen molar-refractivity contribution < 1.29 is 19.4 Å². The fourth-order valence-corrected chi connectivity index (χ4v) is 2.49. The van der Waals surface area contributed by atoms with Crippen LogP contribution in [-0.4, -0.2) is 23.0 Å². The summed E-state index contributed by atoms with van der Waals surface area (Å²) in [6, 6.07) is 7.06. The van der Waals surface area contributed by atoms with Crippen molar-refractivity contribution in [2.45, 2.75) is 37.5 Å². The molecule has 0 spiro atoms. The van der Waals surface area contributed by atoms with Crippen molar-refractivity contribution in [3.05, 3.63) is 29.8 Å². The summed E-state index contributed by atoms with van der Waals surface area (Å²) in [6.07, 6.45) is 1.25. The highest BCUT2D eigenvalue weighted by Gasteiger charge is 2.22. The van der Waals surface area contributed by atoms with Crippen molar-refractivity contribution >= 4 is 23.0 Å². The first kappa shape index (κ1) is 15.6. The van der Waals surface area contributed by atoms with Gasteiger partial charge >= 0.3 is 11.3 Å². The van der Waals surface area contributed by atoms with Gasteiger partial charge in [0.1, 0.15) is 0 Å². The van der Waals surface area contributed by atoms with Crippen molar-refractivity contribution in [2.75, 3.05) is 6.61 Å². The van der Waals surface area contributed by atoms with E-state index in [1.807, 2.05) is 13.8 Å². The summed E-state index contributed by atoms with van der Waals surface area (Å²) in [5.41, 5.74) is 0.663. The molecule has 0 bridgehead atoms. The molecule has 0 fully saturated rings. The minimum Gasteiger partial charge on any atom is -0.481 e. The van der Waals surface area contributed by atoms with Crippen molar-refractivity contribution in [3.8, 4) is 0 Å². The summed E-state index contributed by atoms with van der Waals surface area (Å²) >= 11 is 0.947. The maximum Gasteiger partial charge on any atom is 0.372 e. The molecule has 1 atom stereocenters. The summed E-state index contributed by atoms with van der Waals surface area (Å²) in [5, 5.41) is 8.81. The number of carbonyl (C=O) groups excluding carboxylic acids is 1. The number of hydrogen-bond donors (Lipinski definition) is 1. The third kappa shape index (κ3) is 4.59. The highest BCUT2D eigenvalue weighted by molar-refractivity contribution is 8.13. The average molecular weight is 282 g/mol. The summed E-state index contributed by atoms with van der Waals surface area (Å²) in [5.74, 6) is -1.47. The lowest BCUT2D eigenvalue weighted by Gasteiger charge is -2.14. The number of carbonyl (C=O) groups is 2. The quantitative estimate of drug-likeness (QED) is 0.633. The second kappa shape index (κ2) is 7.84. The van der Waals surface area contributed by atoms with Gasteiger partial charge in [-0.2, -0.15) is 0 Å². The average Bonchev–Trinajstić information content (AvgIpc) is 2.38. The Bertz CT molecular complexity index is 445. The molecule has 0 aliphatic rings. The van der Waals surface area contributed by atoms with Crippen LogP contribution in [0.4, 0.5) is 4.79 Å². The van der Waals surface area contributed by atoms with Crippen LogP contribution in [-0.2, 0) is 9.53 Å². The smallest absolute Gasteiger partial charge is 0.372 e. The van der Waals surface area contributed by atoms with Crippen LogP contribution >= 0.6 is 11.8 Å². The van der Waals surface area contributed by atoms with Gasteiger partial charge in [-0.25, -0.2) is 4.79 Å². The first-order chi connectivity index (χ1) is 9.10. The largest absolute Gasteiger partial charge is 0.481 e. The Morgan fingerprint density at radius 3 is 2.58 bits per heavy atom. The predicted octanol–water partition coefficient (Wildman–Crippen LogP) is 3.90. The zero-order chi connectivity index (χ0) is 14.3. The predicted molar refractivity (Wildman–Crippen MR) is 74.6 cm³/mol. The zero-order valence-electron chi connectivity index (χ0n) is 11.1. The van der Waals surface area contributed by atoms with Crippen LogP contribution in [0.3, 0.4) is 0 Å². The molecule has 1 unspecified atom stereocenters. The second-order valence-electron chi connectivity index (χ2n) is 4.04. The second-order valence-corrected chi connectivity index (χ2v) is 5.01. The van der Waals surface area contributed by atoms with Crippen molar-refractivity contribution in [2.24, 2.45) is 0 Å². The summed E-state index contributed by atoms with van der Waals surface area (Å²) in [6.45, 7) is 4.11. The standard InChI is InChI=1S/C14H18O4S/c1-3-9-18-14(17)19-12-8-6-5-7-11(12)10(4-2)13(15)16/h5-8,10H,3-4,9H2,1-2H3,(H,15,16). The van der Waals surface area contributed by atoms with Gasteiger partial charge in [-0.3, -0.25) is 4.79 Å². The van der Waals surface area contributed by atoms with Gasteiger partial charge in [0.15, 0.2) is 0 Å². The Morgan fingerprint density at radius 1 is 1.32 bits per heavy atom. The van der Waals surface area contributed by atoms with E-state index in [0.717, 1.165) is 18.2 Å². The van der Waals surface area contributed by atoms with E-state index in [4.69, 9.17) is 4.74 Å². The van der Waals surface area contributed by atoms with Crippen LogP contribution in [0.5, 0.6) is 0 Å². The van der Waals surface area contributed by atoms with Gasteiger partial charge in [0.2, 0.25) is 0 Å². The lowest BCUT2D eigenvalue weighted by Crippen LogP contribution is -2.12. The molecule has 0 saturated heterocycles. The molecule has 4 nitrogen and oxygen atoms in total. The topological polar surface area (TPSA) is 63.6 Å². The van der Waals surface area contributed by atoms with Crippen LogP contribution in [0.2, 0.25) is 0 Å². The van der Waals surface area contributed by atoms with Gasteiger partial charge in [0.05, 0.1) is 12.5 Å². The molecule has 0 radical (unpaired) electrons. The molecule has 0 heterocycles. The number of carboxylic acids is 1. The normalized spacial score (nSPS) is 11.9. The van der Waals surface area contributed by atoms with E-state index in [1.54, 1.807) is 24.3 Å². The molecule has 0 aliphatic heterocycles. The first-order valence-electron chi connectivity index (χ1n) is 6.26. The summed E-state index contributed by atoms with van der Waals surface area (Å²) in [7, 11) is 0. The lowest BCUT2D eigenvalue weighted by atomic mass is 9.97. The zero-order valence-corrected chi connectivity index (χ0v) is 11.9. The SMILES string of the molecule is CCCOC(=O)Sc1ccccc1C(CC)C(=O)O. The van der Waals surface area contributed by atoms with Crippen LogP contribution < -0.4 is 0 Å². The molecule has 1 aromatic carbocycles. The Kier molecular flexibility index (Phi) is 6.42. The number of hydrogen-bond acceptors (Lipinski definition) is 4. The Morgan fingerprint density at radius 2 is 2.00 bits per heavy atom. The first-order valence-corrected chi connectivity index (χ1v) is 7.08. The number of thioether (sulfide) groups is 1. The van der Waals surface area contributed by atoms with Crippen LogP contribution in [0.1, 0.15) is 38.2 Å². The van der Waals surface area contributed by atoms with E-state index >= 15 is 0 Å². The molecule has 104 valence electrons. The monoisotopic (exact) mass is 282 g/mol. The van der Waals surface area contributed by atoms with E-state index in [2.05, 4.69) is 0 Å². The molecule has 19 heavy (non-hydrogen) atoms. The lowest BCUT2D eigenvalue weighted by molar-refractivity contribution is -0.138. The molecule has 0 saturated carbocycles. The van der Waals surface area contributed by atoms with Crippen molar-refractivity contribution in [1.29, 1.82) is 0 Å². The highest BCUT2D eigenvalue weighted by atomic mass is 32.2. The number of carboxylic acid groups (broad SMARTS) is 1. The maximum atomic E-state index is 11.6. The van der Waals surface area contributed by atoms with Crippen molar-refractivity contribution in [1.82, 2.24) is 0 Å². The Hall–Kier alpha value is -1.49. The van der Waals surface area contributed by atoms with Crippen LogP contribution in [0.15, 0.2) is 29.2 Å². The van der Waals surface area contributed by atoms with Crippen LogP contribution in [0, 0.1) is 0 Å². The van der Waals surface area contributed by atoms with E-state index in [9.17, 15) is 14.7 Å². The van der Waals surface area contributed by atoms with E-state index in [0.29, 0.717) is 23.5 Å². The molecular weight excluding hydrogens is 264 g/mol. The van der Waals surface area contributed by atoms with Crippen molar-refractivity contribution in [3.63, 3.8) is 0 Å². The maximum absolute atomic E-state index is 11.6. The number of rotatable bonds is 6. The third-order valence-corrected chi connectivity index (χ3v) is 3.49. The van der Waals surface area contributed by atoms with Crippen LogP contribution in [0.25, 0.3) is 0 Å². The molecule has 0 aliphatic carbocycles. The number of aliphatic carboxylic acids is 1. The molecular formula is C14H18O4S. The van der Waals surface area contributed by atoms with Gasteiger partial charge in [-0.1, -0.05) is 32.0 Å². The molecule has 1 N–H and O–H groups in total. The molecule has 5 heteroatoms. The van der Waals surface area contributed by atoms with Gasteiger partial charge in [0, 0.05) is 4.90 Å². The number of ether oxygens (including phenoxy) is 1. The summed E-state index contributed by atoms with van der Waals surface area (Å²) in [4.78, 5) is 23.5.